The van der Waals surface area contributed by atoms with Crippen molar-refractivity contribution in [3.63, 3.8) is 0 Å². The standard InChI is InChI=1S/C3H9ClO7P2/c1-9-13(8,10-3-2-4)11-12(5,6)7/h2-3H2,1H3,(H2,5,6,7). The normalized spacial score (nSPS) is 16.9. The minimum absolute atomic E-state index is 0.00211. The third-order valence-electron chi connectivity index (χ3n) is 0.757. The lowest BCUT2D eigenvalue weighted by Gasteiger charge is -2.14. The van der Waals surface area contributed by atoms with Crippen molar-refractivity contribution < 1.29 is 32.3 Å². The lowest BCUT2D eigenvalue weighted by Crippen LogP contribution is -1.99. The van der Waals surface area contributed by atoms with Crippen LogP contribution in [0.5, 0.6) is 0 Å². The molecule has 0 aliphatic heterocycles. The Balaban J connectivity index is 4.29. The van der Waals surface area contributed by atoms with Crippen LogP contribution in [-0.4, -0.2) is 29.4 Å². The van der Waals surface area contributed by atoms with Gasteiger partial charge in [-0.05, 0) is 0 Å². The first-order valence-corrected chi connectivity index (χ1v) is 6.49. The van der Waals surface area contributed by atoms with Gasteiger partial charge < -0.3 is 9.79 Å². The van der Waals surface area contributed by atoms with Gasteiger partial charge in [0.15, 0.2) is 0 Å². The van der Waals surface area contributed by atoms with Gasteiger partial charge in [0.05, 0.1) is 6.61 Å². The minimum Gasteiger partial charge on any atom is -0.302 e. The number of hydrogen-bond donors (Lipinski definition) is 2. The highest BCUT2D eigenvalue weighted by Gasteiger charge is 2.34. The van der Waals surface area contributed by atoms with Crippen LogP contribution in [0.25, 0.3) is 0 Å². The Morgan fingerprint density at radius 1 is 1.38 bits per heavy atom. The van der Waals surface area contributed by atoms with Gasteiger partial charge in [-0.2, -0.15) is 4.31 Å². The van der Waals surface area contributed by atoms with Crippen molar-refractivity contribution in [2.24, 2.45) is 0 Å². The van der Waals surface area contributed by atoms with E-state index >= 15 is 0 Å². The summed E-state index contributed by atoms with van der Waals surface area (Å²) < 4.78 is 33.8. The molecule has 10 heteroatoms. The van der Waals surface area contributed by atoms with E-state index in [2.05, 4.69) is 13.4 Å². The highest BCUT2D eigenvalue weighted by atomic mass is 35.5. The molecule has 0 rings (SSSR count). The lowest BCUT2D eigenvalue weighted by atomic mass is 10.9. The first kappa shape index (κ1) is 13.5. The quantitative estimate of drug-likeness (QED) is 0.540. The van der Waals surface area contributed by atoms with Crippen molar-refractivity contribution >= 4 is 27.2 Å². The Morgan fingerprint density at radius 3 is 2.23 bits per heavy atom. The Kier molecular flexibility index (Phi) is 5.67. The molecule has 0 aliphatic rings. The SMILES string of the molecule is COP(=O)(OCCCl)OP(=O)(O)O. The molecule has 1 atom stereocenters. The Bertz CT molecular complexity index is 236. The van der Waals surface area contributed by atoms with E-state index in [9.17, 15) is 9.13 Å². The van der Waals surface area contributed by atoms with Crippen molar-refractivity contribution in [3.05, 3.63) is 0 Å². The monoisotopic (exact) mass is 254 g/mol. The second-order valence-corrected chi connectivity index (χ2v) is 5.25. The molecule has 7 nitrogen and oxygen atoms in total. The predicted molar refractivity (Wildman–Crippen MR) is 44.4 cm³/mol. The van der Waals surface area contributed by atoms with Crippen molar-refractivity contribution in [1.29, 1.82) is 0 Å². The number of alkyl halides is 1. The second-order valence-electron chi connectivity index (χ2n) is 1.72. The minimum atomic E-state index is -4.90. The fourth-order valence-corrected chi connectivity index (χ4v) is 2.49. The molecule has 0 aromatic carbocycles. The molecule has 0 bridgehead atoms. The molecule has 1 unspecified atom stereocenters. The van der Waals surface area contributed by atoms with E-state index in [1.165, 1.54) is 0 Å². The molecule has 13 heavy (non-hydrogen) atoms. The van der Waals surface area contributed by atoms with Crippen LogP contribution >= 0.6 is 27.2 Å². The molecule has 0 heterocycles. The topological polar surface area (TPSA) is 102 Å². The Labute approximate surface area is 79.8 Å². The highest BCUT2D eigenvalue weighted by Crippen LogP contribution is 2.60. The molecule has 0 amide bonds. The highest BCUT2D eigenvalue weighted by molar-refractivity contribution is 7.61. The maximum absolute atomic E-state index is 11.1. The van der Waals surface area contributed by atoms with Crippen LogP contribution in [0, 0.1) is 0 Å². The van der Waals surface area contributed by atoms with Gasteiger partial charge in [-0.15, -0.1) is 11.6 Å². The van der Waals surface area contributed by atoms with Crippen LogP contribution < -0.4 is 0 Å². The van der Waals surface area contributed by atoms with Gasteiger partial charge in [0.25, 0.3) is 0 Å². The summed E-state index contributed by atoms with van der Waals surface area (Å²) in [6, 6.07) is 0. The summed E-state index contributed by atoms with van der Waals surface area (Å²) >= 11 is 5.18. The molecular formula is C3H9ClO7P2. The fraction of sp³-hybridized carbons (Fsp3) is 1.00. The van der Waals surface area contributed by atoms with Gasteiger partial charge in [0.2, 0.25) is 0 Å². The Morgan fingerprint density at radius 2 is 1.92 bits per heavy atom. The molecule has 0 aromatic heterocycles. The summed E-state index contributed by atoms with van der Waals surface area (Å²) in [7, 11) is -8.15. The molecular weight excluding hydrogens is 245 g/mol. The summed E-state index contributed by atoms with van der Waals surface area (Å²) in [5.74, 6) is -0.00211. The first-order valence-electron chi connectivity index (χ1n) is 2.96. The van der Waals surface area contributed by atoms with Gasteiger partial charge in [-0.3, -0.25) is 9.05 Å². The van der Waals surface area contributed by atoms with Gasteiger partial charge in [0.1, 0.15) is 0 Å². The van der Waals surface area contributed by atoms with E-state index in [-0.39, 0.29) is 12.5 Å². The van der Waals surface area contributed by atoms with Crippen molar-refractivity contribution in [2.45, 2.75) is 0 Å². The zero-order valence-corrected chi connectivity index (χ0v) is 9.17. The summed E-state index contributed by atoms with van der Waals surface area (Å²) in [6.45, 7) is -0.202. The number of hydrogen-bond acceptors (Lipinski definition) is 5. The molecule has 80 valence electrons. The molecule has 0 spiro atoms. The number of phosphoric acid groups is 2. The van der Waals surface area contributed by atoms with E-state index in [0.717, 1.165) is 7.11 Å². The van der Waals surface area contributed by atoms with Crippen molar-refractivity contribution in [3.8, 4) is 0 Å². The van der Waals surface area contributed by atoms with E-state index < -0.39 is 15.6 Å². The van der Waals surface area contributed by atoms with Gasteiger partial charge >= 0.3 is 15.6 Å². The summed E-state index contributed by atoms with van der Waals surface area (Å²) in [4.78, 5) is 16.6. The first-order chi connectivity index (χ1) is 5.83. The zero-order valence-electron chi connectivity index (χ0n) is 6.62. The van der Waals surface area contributed by atoms with E-state index in [1.54, 1.807) is 0 Å². The van der Waals surface area contributed by atoms with Crippen LogP contribution in [-0.2, 0) is 22.5 Å². The summed E-state index contributed by atoms with van der Waals surface area (Å²) in [5.41, 5.74) is 0. The predicted octanol–water partition coefficient (Wildman–Crippen LogP) is 1.11. The van der Waals surface area contributed by atoms with Crippen LogP contribution in [0.15, 0.2) is 0 Å². The maximum atomic E-state index is 11.1. The number of rotatable bonds is 6. The van der Waals surface area contributed by atoms with E-state index in [4.69, 9.17) is 21.4 Å². The van der Waals surface area contributed by atoms with Crippen LogP contribution in [0.4, 0.5) is 0 Å². The smallest absolute Gasteiger partial charge is 0.302 e. The molecule has 2 N–H and O–H groups in total. The molecule has 0 saturated carbocycles. The second kappa shape index (κ2) is 5.44. The summed E-state index contributed by atoms with van der Waals surface area (Å²) in [5, 5.41) is 0. The zero-order chi connectivity index (χ0) is 10.5. The molecule has 0 aliphatic carbocycles. The summed E-state index contributed by atoms with van der Waals surface area (Å²) in [6.07, 6.45) is 0. The maximum Gasteiger partial charge on any atom is 0.483 e. The fourth-order valence-electron chi connectivity index (χ4n) is 0.386. The molecule has 0 fully saturated rings. The largest absolute Gasteiger partial charge is 0.483 e. The van der Waals surface area contributed by atoms with Gasteiger partial charge in [0, 0.05) is 13.0 Å². The molecule has 0 radical (unpaired) electrons. The molecule has 0 saturated heterocycles. The third-order valence-corrected chi connectivity index (χ3v) is 3.51. The number of halogens is 1. The van der Waals surface area contributed by atoms with Crippen LogP contribution in [0.2, 0.25) is 0 Å². The van der Waals surface area contributed by atoms with Gasteiger partial charge in [-0.1, -0.05) is 0 Å². The van der Waals surface area contributed by atoms with E-state index in [0.29, 0.717) is 0 Å². The molecule has 0 aromatic rings. The number of phosphoric ester groups is 1. The van der Waals surface area contributed by atoms with E-state index in [1.807, 2.05) is 0 Å². The average molecular weight is 254 g/mol. The van der Waals surface area contributed by atoms with Crippen molar-refractivity contribution in [2.75, 3.05) is 19.6 Å². The van der Waals surface area contributed by atoms with Gasteiger partial charge in [-0.25, -0.2) is 9.13 Å². The van der Waals surface area contributed by atoms with Crippen molar-refractivity contribution in [1.82, 2.24) is 0 Å². The average Bonchev–Trinajstić information content (AvgIpc) is 1.98. The Hall–Kier alpha value is 0.550. The third kappa shape index (κ3) is 6.60. The lowest BCUT2D eigenvalue weighted by molar-refractivity contribution is 0.166. The van der Waals surface area contributed by atoms with Crippen LogP contribution in [0.3, 0.4) is 0 Å². The van der Waals surface area contributed by atoms with Crippen LogP contribution in [0.1, 0.15) is 0 Å².